The average Bonchev–Trinajstić information content (AvgIpc) is 2.87. The molecule has 0 aliphatic heterocycles. The third-order valence-corrected chi connectivity index (χ3v) is 6.29. The highest BCUT2D eigenvalue weighted by molar-refractivity contribution is 6.30. The van der Waals surface area contributed by atoms with Crippen molar-refractivity contribution in [1.82, 2.24) is 4.57 Å². The fraction of sp³-hybridized carbons (Fsp3) is 0.179. The molecule has 8 heteroatoms. The third kappa shape index (κ3) is 4.97. The molecule has 0 aliphatic carbocycles. The molecule has 0 radical (unpaired) electrons. The van der Waals surface area contributed by atoms with Gasteiger partial charge in [0.2, 0.25) is 11.3 Å². The number of ether oxygens (including phenoxy) is 2. The molecule has 0 atom stereocenters. The lowest BCUT2D eigenvalue weighted by atomic mass is 9.98. The quantitative estimate of drug-likeness (QED) is 0.351. The van der Waals surface area contributed by atoms with E-state index in [4.69, 9.17) is 21.1 Å². The van der Waals surface area contributed by atoms with Gasteiger partial charge in [0.25, 0.3) is 0 Å². The highest BCUT2D eigenvalue weighted by Gasteiger charge is 2.21. The molecule has 1 amide bonds. The molecule has 1 N–H and O–H groups in total. The van der Waals surface area contributed by atoms with E-state index in [1.165, 1.54) is 26.5 Å². The second kappa shape index (κ2) is 10.3. The number of hydrogen-bond donors (Lipinski definition) is 1. The summed E-state index contributed by atoms with van der Waals surface area (Å²) in [7, 11) is 2.95. The number of halogens is 1. The molecule has 184 valence electrons. The Kier molecular flexibility index (Phi) is 7.12. The van der Waals surface area contributed by atoms with E-state index in [0.29, 0.717) is 33.3 Å². The maximum absolute atomic E-state index is 13.5. The molecule has 36 heavy (non-hydrogen) atoms. The van der Waals surface area contributed by atoms with E-state index in [2.05, 4.69) is 5.32 Å². The lowest BCUT2D eigenvalue weighted by Gasteiger charge is -2.16. The van der Waals surface area contributed by atoms with E-state index in [-0.39, 0.29) is 23.4 Å². The number of fused-ring (bicyclic) bond motifs is 1. The summed E-state index contributed by atoms with van der Waals surface area (Å²) in [5, 5.41) is 3.59. The summed E-state index contributed by atoms with van der Waals surface area (Å²) in [6.45, 7) is 3.71. The van der Waals surface area contributed by atoms with Crippen LogP contribution >= 0.6 is 11.6 Å². The lowest BCUT2D eigenvalue weighted by Crippen LogP contribution is -2.24. The molecular formula is C28H25ClN2O5. The van der Waals surface area contributed by atoms with Crippen molar-refractivity contribution >= 4 is 39.9 Å². The first-order valence-electron chi connectivity index (χ1n) is 11.2. The van der Waals surface area contributed by atoms with E-state index >= 15 is 0 Å². The number of nitrogens with one attached hydrogen (secondary N) is 1. The highest BCUT2D eigenvalue weighted by Crippen LogP contribution is 2.31. The fourth-order valence-electron chi connectivity index (χ4n) is 3.94. The molecule has 0 bridgehead atoms. The minimum Gasteiger partial charge on any atom is -0.493 e. The zero-order valence-electron chi connectivity index (χ0n) is 20.3. The Morgan fingerprint density at radius 2 is 1.58 bits per heavy atom. The Balaban J connectivity index is 1.84. The number of rotatable bonds is 7. The number of benzene rings is 3. The molecule has 1 aromatic heterocycles. The molecule has 0 spiro atoms. The van der Waals surface area contributed by atoms with Crippen molar-refractivity contribution in [3.63, 3.8) is 0 Å². The van der Waals surface area contributed by atoms with Crippen LogP contribution in [0.2, 0.25) is 5.02 Å². The zero-order valence-corrected chi connectivity index (χ0v) is 21.1. The largest absolute Gasteiger partial charge is 0.493 e. The number of hydrogen-bond acceptors (Lipinski definition) is 5. The summed E-state index contributed by atoms with van der Waals surface area (Å²) in [6, 6.07) is 15.2. The number of aromatic nitrogens is 1. The van der Waals surface area contributed by atoms with E-state index in [9.17, 15) is 14.4 Å². The van der Waals surface area contributed by atoms with E-state index < -0.39 is 11.2 Å². The van der Waals surface area contributed by atoms with Gasteiger partial charge in [0, 0.05) is 28.5 Å². The second-order valence-corrected chi connectivity index (χ2v) is 8.84. The summed E-state index contributed by atoms with van der Waals surface area (Å²) in [5.41, 5.74) is 2.88. The monoisotopic (exact) mass is 504 g/mol. The van der Waals surface area contributed by atoms with Crippen LogP contribution in [0, 0.1) is 13.8 Å². The van der Waals surface area contributed by atoms with Gasteiger partial charge in [0.05, 0.1) is 30.7 Å². The number of ketones is 1. The molecule has 1 heterocycles. The molecule has 0 unspecified atom stereocenters. The molecule has 0 aliphatic rings. The number of pyridine rings is 1. The van der Waals surface area contributed by atoms with Gasteiger partial charge in [-0.2, -0.15) is 0 Å². The average molecular weight is 505 g/mol. The zero-order chi connectivity index (χ0) is 26.0. The molecule has 4 aromatic rings. The van der Waals surface area contributed by atoms with Crippen LogP contribution in [0.25, 0.3) is 10.9 Å². The van der Waals surface area contributed by atoms with Gasteiger partial charge in [-0.25, -0.2) is 0 Å². The molecule has 0 saturated heterocycles. The number of carbonyl (C=O) groups excluding carboxylic acids is 2. The summed E-state index contributed by atoms with van der Waals surface area (Å²) in [5.74, 6) is -0.0344. The Labute approximate surface area is 213 Å². The minimum absolute atomic E-state index is 0.0442. The summed E-state index contributed by atoms with van der Waals surface area (Å²) >= 11 is 5.93. The van der Waals surface area contributed by atoms with Crippen molar-refractivity contribution in [3.05, 3.63) is 98.3 Å². The van der Waals surface area contributed by atoms with Crippen LogP contribution in [0.4, 0.5) is 5.69 Å². The van der Waals surface area contributed by atoms with Crippen LogP contribution in [-0.2, 0) is 11.3 Å². The van der Waals surface area contributed by atoms with Gasteiger partial charge in [-0.15, -0.1) is 0 Å². The van der Waals surface area contributed by atoms with Gasteiger partial charge >= 0.3 is 0 Å². The van der Waals surface area contributed by atoms with Crippen LogP contribution in [-0.4, -0.2) is 30.5 Å². The van der Waals surface area contributed by atoms with Crippen molar-refractivity contribution in [2.75, 3.05) is 19.5 Å². The second-order valence-electron chi connectivity index (χ2n) is 8.41. The SMILES string of the molecule is COc1cc2c(=O)c(C(=O)c3ccc(C)c(C)c3)cn(CC(=O)Nc3ccc(Cl)cc3)c2cc1OC. The minimum atomic E-state index is -0.455. The van der Waals surface area contributed by atoms with E-state index in [1.54, 1.807) is 47.0 Å². The topological polar surface area (TPSA) is 86.6 Å². The Morgan fingerprint density at radius 1 is 0.917 bits per heavy atom. The van der Waals surface area contributed by atoms with Crippen LogP contribution in [0.3, 0.4) is 0 Å². The molecule has 0 saturated carbocycles. The summed E-state index contributed by atoms with van der Waals surface area (Å²) in [4.78, 5) is 39.8. The maximum atomic E-state index is 13.5. The normalized spacial score (nSPS) is 10.8. The molecular weight excluding hydrogens is 480 g/mol. The predicted octanol–water partition coefficient (Wildman–Crippen LogP) is 5.16. The number of methoxy groups -OCH3 is 2. The van der Waals surface area contributed by atoms with Gasteiger partial charge in [0.1, 0.15) is 6.54 Å². The van der Waals surface area contributed by atoms with Crippen molar-refractivity contribution in [3.8, 4) is 11.5 Å². The maximum Gasteiger partial charge on any atom is 0.244 e. The van der Waals surface area contributed by atoms with Gasteiger partial charge in [-0.3, -0.25) is 14.4 Å². The number of carbonyl (C=O) groups is 2. The van der Waals surface area contributed by atoms with Gasteiger partial charge < -0.3 is 19.4 Å². The van der Waals surface area contributed by atoms with Crippen LogP contribution in [0.1, 0.15) is 27.0 Å². The molecule has 4 rings (SSSR count). The van der Waals surface area contributed by atoms with Gasteiger partial charge in [-0.1, -0.05) is 23.7 Å². The van der Waals surface area contributed by atoms with Crippen LogP contribution in [0.15, 0.2) is 65.6 Å². The van der Waals surface area contributed by atoms with Crippen LogP contribution < -0.4 is 20.2 Å². The lowest BCUT2D eigenvalue weighted by molar-refractivity contribution is -0.116. The van der Waals surface area contributed by atoms with Crippen LogP contribution in [0.5, 0.6) is 11.5 Å². The van der Waals surface area contributed by atoms with E-state index in [1.807, 2.05) is 19.9 Å². The molecule has 0 fully saturated rings. The standard InChI is InChI=1S/C28H25ClN2O5/c1-16-5-6-18(11-17(16)2)27(33)22-14-31(15-26(32)30-20-9-7-19(29)8-10-20)23-13-25(36-4)24(35-3)12-21(23)28(22)34/h5-14H,15H2,1-4H3,(H,30,32). The number of nitrogens with zero attached hydrogens (tertiary/aromatic N) is 1. The Morgan fingerprint density at radius 3 is 2.22 bits per heavy atom. The van der Waals surface area contributed by atoms with Gasteiger partial charge in [-0.05, 0) is 61.4 Å². The first kappa shape index (κ1) is 25.0. The summed E-state index contributed by atoms with van der Waals surface area (Å²) in [6.07, 6.45) is 1.43. The first-order chi connectivity index (χ1) is 17.2. The van der Waals surface area contributed by atoms with Gasteiger partial charge in [0.15, 0.2) is 17.3 Å². The number of amides is 1. The number of anilines is 1. The van der Waals surface area contributed by atoms with E-state index in [0.717, 1.165) is 11.1 Å². The Hall–Kier alpha value is -4.10. The third-order valence-electron chi connectivity index (χ3n) is 6.04. The van der Waals surface area contributed by atoms with Crippen molar-refractivity contribution in [2.45, 2.75) is 20.4 Å². The van der Waals surface area contributed by atoms with Crippen molar-refractivity contribution < 1.29 is 19.1 Å². The fourth-order valence-corrected chi connectivity index (χ4v) is 4.06. The Bertz CT molecular complexity index is 1540. The van der Waals surface area contributed by atoms with Crippen molar-refractivity contribution in [2.24, 2.45) is 0 Å². The molecule has 7 nitrogen and oxygen atoms in total. The number of aryl methyl sites for hydroxylation is 2. The smallest absolute Gasteiger partial charge is 0.244 e. The highest BCUT2D eigenvalue weighted by atomic mass is 35.5. The predicted molar refractivity (Wildman–Crippen MR) is 141 cm³/mol. The summed E-state index contributed by atoms with van der Waals surface area (Å²) < 4.78 is 12.3. The first-order valence-corrected chi connectivity index (χ1v) is 11.6. The molecule has 3 aromatic carbocycles. The van der Waals surface area contributed by atoms with Crippen molar-refractivity contribution in [1.29, 1.82) is 0 Å².